The molecule has 0 aliphatic carbocycles. The molecule has 1 heterocycles. The molecule has 0 atom stereocenters. The van der Waals surface area contributed by atoms with Crippen LogP contribution < -0.4 is 4.74 Å². The summed E-state index contributed by atoms with van der Waals surface area (Å²) in [7, 11) is 1.65. The van der Waals surface area contributed by atoms with E-state index in [0.29, 0.717) is 12.4 Å². The zero-order chi connectivity index (χ0) is 14.8. The molecule has 0 N–H and O–H groups in total. The Labute approximate surface area is 136 Å². The van der Waals surface area contributed by atoms with E-state index in [1.165, 1.54) is 5.56 Å². The molecule has 0 spiro atoms. The number of ether oxygens (including phenoxy) is 1. The zero-order valence-electron chi connectivity index (χ0n) is 11.5. The van der Waals surface area contributed by atoms with Gasteiger partial charge in [0, 0.05) is 4.47 Å². The Kier molecular flexibility index (Phi) is 4.17. The van der Waals surface area contributed by atoms with E-state index in [1.807, 2.05) is 36.4 Å². The Morgan fingerprint density at radius 2 is 2.00 bits per heavy atom. The number of hydrogen-bond acceptors (Lipinski definition) is 2. The molecule has 0 fully saturated rings. The third-order valence-corrected chi connectivity index (χ3v) is 4.46. The maximum Gasteiger partial charge on any atom is 0.146 e. The van der Waals surface area contributed by atoms with Crippen molar-refractivity contribution in [2.75, 3.05) is 7.11 Å². The zero-order valence-corrected chi connectivity index (χ0v) is 13.9. The minimum atomic E-state index is 0.363. The fourth-order valence-corrected chi connectivity index (χ4v) is 3.02. The van der Waals surface area contributed by atoms with E-state index in [0.717, 1.165) is 27.1 Å². The van der Waals surface area contributed by atoms with Gasteiger partial charge in [0.2, 0.25) is 0 Å². The molecule has 2 aromatic carbocycles. The molecule has 3 nitrogen and oxygen atoms in total. The van der Waals surface area contributed by atoms with E-state index in [4.69, 9.17) is 16.3 Å². The highest BCUT2D eigenvalue weighted by molar-refractivity contribution is 9.10. The first-order chi connectivity index (χ1) is 10.2. The molecule has 108 valence electrons. The van der Waals surface area contributed by atoms with Gasteiger partial charge in [-0.25, -0.2) is 4.98 Å². The number of alkyl halides is 1. The molecule has 0 aliphatic rings. The smallest absolute Gasteiger partial charge is 0.146 e. The number of para-hydroxylation sites is 1. The van der Waals surface area contributed by atoms with Gasteiger partial charge in [0.05, 0.1) is 25.1 Å². The normalized spacial score (nSPS) is 11.0. The number of nitrogens with zero attached hydrogens (tertiary/aromatic N) is 2. The van der Waals surface area contributed by atoms with Gasteiger partial charge in [0.25, 0.3) is 0 Å². The van der Waals surface area contributed by atoms with Crippen LogP contribution in [0.25, 0.3) is 11.0 Å². The third kappa shape index (κ3) is 2.65. The van der Waals surface area contributed by atoms with Gasteiger partial charge in [-0.05, 0) is 23.8 Å². The lowest BCUT2D eigenvalue weighted by Crippen LogP contribution is -2.04. The minimum Gasteiger partial charge on any atom is -0.494 e. The van der Waals surface area contributed by atoms with Crippen LogP contribution >= 0.6 is 27.5 Å². The average Bonchev–Trinajstić information content (AvgIpc) is 2.87. The van der Waals surface area contributed by atoms with E-state index in [-0.39, 0.29) is 0 Å². The number of rotatable bonds is 4. The van der Waals surface area contributed by atoms with Gasteiger partial charge in [-0.2, -0.15) is 0 Å². The first kappa shape index (κ1) is 14.4. The maximum absolute atomic E-state index is 6.07. The molecular weight excluding hydrogens is 352 g/mol. The SMILES string of the molecule is COc1cccc2c1nc(CCl)n2Cc1ccccc1Br. The largest absolute Gasteiger partial charge is 0.494 e. The van der Waals surface area contributed by atoms with Crippen molar-refractivity contribution in [2.24, 2.45) is 0 Å². The van der Waals surface area contributed by atoms with E-state index in [2.05, 4.69) is 31.5 Å². The van der Waals surface area contributed by atoms with Crippen LogP contribution in [0.4, 0.5) is 0 Å². The Morgan fingerprint density at radius 3 is 2.71 bits per heavy atom. The second-order valence-electron chi connectivity index (χ2n) is 4.67. The van der Waals surface area contributed by atoms with Gasteiger partial charge in [-0.15, -0.1) is 11.6 Å². The number of methoxy groups -OCH3 is 1. The van der Waals surface area contributed by atoms with Crippen LogP contribution in [0.1, 0.15) is 11.4 Å². The Bertz CT molecular complexity index is 785. The molecule has 3 rings (SSSR count). The number of hydrogen-bond donors (Lipinski definition) is 0. The summed E-state index contributed by atoms with van der Waals surface area (Å²) in [5.74, 6) is 1.97. The van der Waals surface area contributed by atoms with Crippen LogP contribution in [0, 0.1) is 0 Å². The van der Waals surface area contributed by atoms with Gasteiger partial charge >= 0.3 is 0 Å². The van der Waals surface area contributed by atoms with Crippen molar-refractivity contribution < 1.29 is 4.74 Å². The van der Waals surface area contributed by atoms with Crippen molar-refractivity contribution in [3.8, 4) is 5.75 Å². The van der Waals surface area contributed by atoms with E-state index in [1.54, 1.807) is 7.11 Å². The third-order valence-electron chi connectivity index (χ3n) is 3.45. The van der Waals surface area contributed by atoms with Crippen LogP contribution in [0.15, 0.2) is 46.9 Å². The van der Waals surface area contributed by atoms with Crippen molar-refractivity contribution in [1.82, 2.24) is 9.55 Å². The highest BCUT2D eigenvalue weighted by Crippen LogP contribution is 2.28. The second-order valence-corrected chi connectivity index (χ2v) is 5.79. The average molecular weight is 366 g/mol. The molecule has 1 aromatic heterocycles. The van der Waals surface area contributed by atoms with Gasteiger partial charge in [-0.3, -0.25) is 0 Å². The van der Waals surface area contributed by atoms with Crippen LogP contribution in [-0.4, -0.2) is 16.7 Å². The summed E-state index contributed by atoms with van der Waals surface area (Å²) in [6.07, 6.45) is 0. The Balaban J connectivity index is 2.15. The number of imidazole rings is 1. The van der Waals surface area contributed by atoms with Crippen molar-refractivity contribution >= 4 is 38.6 Å². The molecule has 0 saturated carbocycles. The number of benzene rings is 2. The summed E-state index contributed by atoms with van der Waals surface area (Å²) in [6, 6.07) is 14.1. The van der Waals surface area contributed by atoms with Crippen LogP contribution in [0.5, 0.6) is 5.75 Å². The monoisotopic (exact) mass is 364 g/mol. The molecule has 0 bridgehead atoms. The topological polar surface area (TPSA) is 27.1 Å². The maximum atomic E-state index is 6.07. The van der Waals surface area contributed by atoms with E-state index < -0.39 is 0 Å². The van der Waals surface area contributed by atoms with E-state index in [9.17, 15) is 0 Å². The fraction of sp³-hybridized carbons (Fsp3) is 0.188. The number of aromatic nitrogens is 2. The number of halogens is 2. The predicted octanol–water partition coefficient (Wildman–Crippen LogP) is 4.59. The molecule has 0 saturated heterocycles. The van der Waals surface area contributed by atoms with Gasteiger partial charge in [0.1, 0.15) is 17.1 Å². The fourth-order valence-electron chi connectivity index (χ4n) is 2.41. The van der Waals surface area contributed by atoms with E-state index >= 15 is 0 Å². The lowest BCUT2D eigenvalue weighted by molar-refractivity contribution is 0.419. The second kappa shape index (κ2) is 6.08. The van der Waals surface area contributed by atoms with Crippen LogP contribution in [0.3, 0.4) is 0 Å². The van der Waals surface area contributed by atoms with Crippen molar-refractivity contribution in [2.45, 2.75) is 12.4 Å². The summed E-state index contributed by atoms with van der Waals surface area (Å²) in [4.78, 5) is 4.62. The van der Waals surface area contributed by atoms with Gasteiger partial charge in [0.15, 0.2) is 0 Å². The highest BCUT2D eigenvalue weighted by Gasteiger charge is 2.14. The predicted molar refractivity (Wildman–Crippen MR) is 89.1 cm³/mol. The molecule has 21 heavy (non-hydrogen) atoms. The first-order valence-corrected chi connectivity index (χ1v) is 7.89. The summed E-state index contributed by atoms with van der Waals surface area (Å²) in [5.41, 5.74) is 3.06. The standard InChI is InChI=1S/C16H14BrClN2O/c1-21-14-8-4-7-13-16(14)19-15(9-18)20(13)10-11-5-2-3-6-12(11)17/h2-8H,9-10H2,1H3. The quantitative estimate of drug-likeness (QED) is 0.632. The molecular formula is C16H14BrClN2O. The molecule has 5 heteroatoms. The Hall–Kier alpha value is -1.52. The molecule has 0 unspecified atom stereocenters. The van der Waals surface area contributed by atoms with Gasteiger partial charge in [-0.1, -0.05) is 40.2 Å². The van der Waals surface area contributed by atoms with Crippen LogP contribution in [-0.2, 0) is 12.4 Å². The molecule has 0 radical (unpaired) electrons. The molecule has 0 aliphatic heterocycles. The lowest BCUT2D eigenvalue weighted by atomic mass is 10.2. The summed E-state index contributed by atoms with van der Waals surface area (Å²) in [6.45, 7) is 0.715. The van der Waals surface area contributed by atoms with Crippen molar-refractivity contribution in [1.29, 1.82) is 0 Å². The molecule has 3 aromatic rings. The minimum absolute atomic E-state index is 0.363. The summed E-state index contributed by atoms with van der Waals surface area (Å²) in [5, 5.41) is 0. The first-order valence-electron chi connectivity index (χ1n) is 6.56. The highest BCUT2D eigenvalue weighted by atomic mass is 79.9. The summed E-state index contributed by atoms with van der Waals surface area (Å²) >= 11 is 9.66. The molecule has 0 amide bonds. The van der Waals surface area contributed by atoms with Crippen molar-refractivity contribution in [3.05, 3.63) is 58.3 Å². The number of fused-ring (bicyclic) bond motifs is 1. The Morgan fingerprint density at radius 1 is 1.19 bits per heavy atom. The van der Waals surface area contributed by atoms with Crippen LogP contribution in [0.2, 0.25) is 0 Å². The van der Waals surface area contributed by atoms with Gasteiger partial charge < -0.3 is 9.30 Å². The lowest BCUT2D eigenvalue weighted by Gasteiger charge is -2.09. The van der Waals surface area contributed by atoms with Crippen molar-refractivity contribution in [3.63, 3.8) is 0 Å². The summed E-state index contributed by atoms with van der Waals surface area (Å²) < 4.78 is 8.59.